The highest BCUT2D eigenvalue weighted by Gasteiger charge is 2.62. The van der Waals surface area contributed by atoms with E-state index < -0.39 is 0 Å². The van der Waals surface area contributed by atoms with Gasteiger partial charge >= 0.3 is 0 Å². The highest BCUT2D eigenvalue weighted by Crippen LogP contribution is 2.68. The van der Waals surface area contributed by atoms with Crippen LogP contribution in [0.3, 0.4) is 0 Å². The SMILES string of the molecule is C[C@H](CCC(=O)NCCCCCC(=O)NO)C1CCC2[C@H]3C(CC[C@@]21C)[C@@]1(C)CCCC[C@H]1C[C@@H]3O. The first kappa shape index (κ1) is 27.9. The van der Waals surface area contributed by atoms with E-state index in [-0.39, 0.29) is 17.9 Å². The van der Waals surface area contributed by atoms with Crippen molar-refractivity contribution in [3.63, 3.8) is 0 Å². The minimum Gasteiger partial charge on any atom is -0.393 e. The second kappa shape index (κ2) is 11.7. The number of hydroxylamine groups is 1. The molecule has 3 unspecified atom stereocenters. The van der Waals surface area contributed by atoms with Crippen LogP contribution in [-0.2, 0) is 9.59 Å². The molecule has 0 bridgehead atoms. The molecular formula is C30H52N2O4. The highest BCUT2D eigenvalue weighted by atomic mass is 16.5. The first-order valence-corrected chi connectivity index (χ1v) is 15.1. The molecule has 0 heterocycles. The Bertz CT molecular complexity index is 774. The lowest BCUT2D eigenvalue weighted by molar-refractivity contribution is -0.164. The van der Waals surface area contributed by atoms with Crippen molar-refractivity contribution in [2.45, 2.75) is 123 Å². The number of carbonyl (C=O) groups excluding carboxylic acids is 2. The maximum atomic E-state index is 12.5. The molecule has 0 saturated heterocycles. The van der Waals surface area contributed by atoms with E-state index in [4.69, 9.17) is 5.21 Å². The van der Waals surface area contributed by atoms with Gasteiger partial charge in [-0.3, -0.25) is 14.8 Å². The second-order valence-corrected chi connectivity index (χ2v) is 13.5. The van der Waals surface area contributed by atoms with E-state index in [1.165, 1.54) is 51.4 Å². The van der Waals surface area contributed by atoms with Crippen molar-refractivity contribution in [1.82, 2.24) is 10.8 Å². The Hall–Kier alpha value is -1.14. The van der Waals surface area contributed by atoms with Crippen LogP contribution in [0.25, 0.3) is 0 Å². The van der Waals surface area contributed by atoms with Crippen LogP contribution < -0.4 is 10.8 Å². The summed E-state index contributed by atoms with van der Waals surface area (Å²) in [5.74, 6) is 3.50. The molecule has 36 heavy (non-hydrogen) atoms. The van der Waals surface area contributed by atoms with Crippen molar-refractivity contribution in [1.29, 1.82) is 0 Å². The van der Waals surface area contributed by atoms with Crippen LogP contribution in [-0.4, -0.2) is 34.8 Å². The molecule has 0 radical (unpaired) electrons. The van der Waals surface area contributed by atoms with Crippen LogP contribution in [0.5, 0.6) is 0 Å². The third kappa shape index (κ3) is 5.50. The fourth-order valence-electron chi connectivity index (χ4n) is 9.75. The van der Waals surface area contributed by atoms with Gasteiger partial charge in [0.1, 0.15) is 0 Å². The van der Waals surface area contributed by atoms with E-state index in [2.05, 4.69) is 26.1 Å². The zero-order valence-electron chi connectivity index (χ0n) is 23.1. The van der Waals surface area contributed by atoms with Gasteiger partial charge in [0.05, 0.1) is 6.10 Å². The van der Waals surface area contributed by atoms with Crippen molar-refractivity contribution >= 4 is 11.8 Å². The fourth-order valence-corrected chi connectivity index (χ4v) is 9.75. The highest BCUT2D eigenvalue weighted by molar-refractivity contribution is 5.75. The standard InChI is InChI=1S/C30H52N2O4/c1-20(11-14-26(34)31-18-8-4-5-10-27(35)32-36)22-12-13-23-28-24(15-17-30(22,23)3)29(2)16-7-6-9-21(29)19-25(28)33/h20-25,28,33,36H,4-19H2,1-3H3,(H,31,34)(H,32,35)/t20-,21+,22?,23?,24?,25+,28+,29+,30-/m1/s1. The van der Waals surface area contributed by atoms with Gasteiger partial charge in [0, 0.05) is 19.4 Å². The molecule has 4 rings (SSSR count). The smallest absolute Gasteiger partial charge is 0.243 e. The number of aliphatic hydroxyl groups excluding tert-OH is 1. The van der Waals surface area contributed by atoms with Gasteiger partial charge in [0.2, 0.25) is 11.8 Å². The summed E-state index contributed by atoms with van der Waals surface area (Å²) in [6.07, 6.45) is 15.7. The molecule has 9 atom stereocenters. The van der Waals surface area contributed by atoms with E-state index in [9.17, 15) is 14.7 Å². The van der Waals surface area contributed by atoms with E-state index in [1.54, 1.807) is 5.48 Å². The van der Waals surface area contributed by atoms with Crippen molar-refractivity contribution in [2.24, 2.45) is 46.3 Å². The zero-order chi connectivity index (χ0) is 25.9. The van der Waals surface area contributed by atoms with Crippen molar-refractivity contribution in [3.05, 3.63) is 0 Å². The third-order valence-corrected chi connectivity index (χ3v) is 11.7. The molecule has 206 valence electrons. The summed E-state index contributed by atoms with van der Waals surface area (Å²) in [6, 6.07) is 0. The molecule has 0 aliphatic heterocycles. The quantitative estimate of drug-likeness (QED) is 0.177. The summed E-state index contributed by atoms with van der Waals surface area (Å²) >= 11 is 0. The molecule has 0 aromatic heterocycles. The van der Waals surface area contributed by atoms with E-state index in [0.29, 0.717) is 59.8 Å². The van der Waals surface area contributed by atoms with Crippen LogP contribution in [0.1, 0.15) is 117 Å². The maximum Gasteiger partial charge on any atom is 0.243 e. The summed E-state index contributed by atoms with van der Waals surface area (Å²) in [6.45, 7) is 8.11. The number of hydrogen-bond donors (Lipinski definition) is 4. The minimum absolute atomic E-state index is 0.117. The molecule has 0 aromatic rings. The summed E-state index contributed by atoms with van der Waals surface area (Å²) in [5.41, 5.74) is 2.40. The zero-order valence-corrected chi connectivity index (χ0v) is 23.1. The fraction of sp³-hybridized carbons (Fsp3) is 0.933. The van der Waals surface area contributed by atoms with Gasteiger partial charge in [-0.1, -0.05) is 40.0 Å². The summed E-state index contributed by atoms with van der Waals surface area (Å²) < 4.78 is 0. The van der Waals surface area contributed by atoms with Gasteiger partial charge in [-0.25, -0.2) is 5.48 Å². The Balaban J connectivity index is 1.26. The van der Waals surface area contributed by atoms with Crippen molar-refractivity contribution in [2.75, 3.05) is 6.54 Å². The van der Waals surface area contributed by atoms with Crippen LogP contribution >= 0.6 is 0 Å². The van der Waals surface area contributed by atoms with Crippen LogP contribution in [0.15, 0.2) is 0 Å². The molecule has 6 nitrogen and oxygen atoms in total. The van der Waals surface area contributed by atoms with E-state index >= 15 is 0 Å². The van der Waals surface area contributed by atoms with Gasteiger partial charge in [-0.05, 0) is 111 Å². The summed E-state index contributed by atoms with van der Waals surface area (Å²) in [7, 11) is 0. The Morgan fingerprint density at radius 1 is 0.917 bits per heavy atom. The number of aliphatic hydroxyl groups is 1. The number of fused-ring (bicyclic) bond motifs is 5. The maximum absolute atomic E-state index is 12.5. The normalized spacial score (nSPS) is 40.5. The summed E-state index contributed by atoms with van der Waals surface area (Å²) in [5, 5.41) is 23.0. The van der Waals surface area contributed by atoms with Crippen molar-refractivity contribution < 1.29 is 19.9 Å². The molecule has 0 aromatic carbocycles. The largest absolute Gasteiger partial charge is 0.393 e. The number of nitrogens with one attached hydrogen (secondary N) is 2. The number of amides is 2. The van der Waals surface area contributed by atoms with Gasteiger partial charge in [0.25, 0.3) is 0 Å². The monoisotopic (exact) mass is 504 g/mol. The average Bonchev–Trinajstić information content (AvgIpc) is 3.22. The molecule has 6 heteroatoms. The molecule has 4 aliphatic carbocycles. The lowest BCUT2D eigenvalue weighted by Crippen LogP contribution is -2.57. The number of carbonyl (C=O) groups is 2. The van der Waals surface area contributed by atoms with Gasteiger partial charge in [0.15, 0.2) is 0 Å². The molecule has 4 fully saturated rings. The molecule has 0 spiro atoms. The van der Waals surface area contributed by atoms with Crippen LogP contribution in [0, 0.1) is 46.3 Å². The third-order valence-electron chi connectivity index (χ3n) is 11.7. The Morgan fingerprint density at radius 2 is 1.69 bits per heavy atom. The van der Waals surface area contributed by atoms with Crippen molar-refractivity contribution in [3.8, 4) is 0 Å². The Kier molecular flexibility index (Phi) is 9.08. The predicted octanol–water partition coefficient (Wildman–Crippen LogP) is 5.60. The Morgan fingerprint density at radius 3 is 2.47 bits per heavy atom. The lowest BCUT2D eigenvalue weighted by atomic mass is 9.44. The number of hydrogen-bond acceptors (Lipinski definition) is 4. The average molecular weight is 505 g/mol. The molecule has 4 N–H and O–H groups in total. The predicted molar refractivity (Wildman–Crippen MR) is 141 cm³/mol. The van der Waals surface area contributed by atoms with Gasteiger partial charge < -0.3 is 10.4 Å². The van der Waals surface area contributed by atoms with Crippen LogP contribution in [0.4, 0.5) is 0 Å². The second-order valence-electron chi connectivity index (χ2n) is 13.5. The van der Waals surface area contributed by atoms with Gasteiger partial charge in [-0.2, -0.15) is 0 Å². The minimum atomic E-state index is -0.352. The Labute approximate surface area is 218 Å². The van der Waals surface area contributed by atoms with E-state index in [0.717, 1.165) is 38.0 Å². The summed E-state index contributed by atoms with van der Waals surface area (Å²) in [4.78, 5) is 23.5. The lowest BCUT2D eigenvalue weighted by Gasteiger charge is -2.62. The topological polar surface area (TPSA) is 98.7 Å². The first-order valence-electron chi connectivity index (χ1n) is 15.1. The molecule has 4 saturated carbocycles. The van der Waals surface area contributed by atoms with Gasteiger partial charge in [-0.15, -0.1) is 0 Å². The van der Waals surface area contributed by atoms with Crippen LogP contribution in [0.2, 0.25) is 0 Å². The molecule has 4 aliphatic rings. The molecule has 2 amide bonds. The number of unbranched alkanes of at least 4 members (excludes halogenated alkanes) is 2. The molecular weight excluding hydrogens is 452 g/mol. The first-order chi connectivity index (χ1) is 17.2. The van der Waals surface area contributed by atoms with E-state index in [1.807, 2.05) is 0 Å². The number of rotatable bonds is 10.